The predicted molar refractivity (Wildman–Crippen MR) is 57.4 cm³/mol. The van der Waals surface area contributed by atoms with Crippen LogP contribution in [0.2, 0.25) is 0 Å². The van der Waals surface area contributed by atoms with E-state index in [2.05, 4.69) is 15.5 Å². The third kappa shape index (κ3) is 3.78. The second-order valence-electron chi connectivity index (χ2n) is 3.10. The van der Waals surface area contributed by atoms with E-state index in [1.807, 2.05) is 13.8 Å². The maximum absolute atomic E-state index is 10.4. The summed E-state index contributed by atoms with van der Waals surface area (Å²) >= 11 is 1.10. The van der Waals surface area contributed by atoms with Gasteiger partial charge in [0.2, 0.25) is 5.16 Å². The molecule has 1 aromatic heterocycles. The number of aromatic nitrogens is 4. The molecule has 0 amide bonds. The summed E-state index contributed by atoms with van der Waals surface area (Å²) < 4.78 is 6.83. The Morgan fingerprint density at radius 3 is 3.06 bits per heavy atom. The number of rotatable bonds is 7. The standard InChI is InChI=1S/C8H14N4O3S/c1-3-15-4-6(2)12-8(9-10-11-12)16-5-7(13)14/h6H,3-5H2,1-2H3,(H,13,14). The van der Waals surface area contributed by atoms with Gasteiger partial charge < -0.3 is 9.84 Å². The van der Waals surface area contributed by atoms with Crippen molar-refractivity contribution in [2.75, 3.05) is 19.0 Å². The lowest BCUT2D eigenvalue weighted by Crippen LogP contribution is -2.15. The zero-order chi connectivity index (χ0) is 12.0. The average Bonchev–Trinajstić information content (AvgIpc) is 2.71. The minimum atomic E-state index is -0.892. The molecule has 1 rings (SSSR count). The molecule has 1 atom stereocenters. The third-order valence-corrected chi connectivity index (χ3v) is 2.69. The zero-order valence-electron chi connectivity index (χ0n) is 9.16. The molecule has 0 bridgehead atoms. The van der Waals surface area contributed by atoms with Crippen molar-refractivity contribution < 1.29 is 14.6 Å². The molecule has 0 radical (unpaired) electrons. The van der Waals surface area contributed by atoms with E-state index in [0.29, 0.717) is 18.4 Å². The highest BCUT2D eigenvalue weighted by atomic mass is 32.2. The number of hydrogen-bond acceptors (Lipinski definition) is 6. The van der Waals surface area contributed by atoms with Gasteiger partial charge in [-0.05, 0) is 24.3 Å². The van der Waals surface area contributed by atoms with Crippen LogP contribution in [0.15, 0.2) is 5.16 Å². The van der Waals surface area contributed by atoms with Crippen LogP contribution < -0.4 is 0 Å². The summed E-state index contributed by atoms with van der Waals surface area (Å²) in [6, 6.07) is -0.00811. The molecule has 0 aromatic carbocycles. The van der Waals surface area contributed by atoms with Crippen LogP contribution in [0.3, 0.4) is 0 Å². The van der Waals surface area contributed by atoms with Gasteiger partial charge in [-0.1, -0.05) is 11.8 Å². The average molecular weight is 246 g/mol. The van der Waals surface area contributed by atoms with Gasteiger partial charge >= 0.3 is 5.97 Å². The Morgan fingerprint density at radius 1 is 1.69 bits per heavy atom. The van der Waals surface area contributed by atoms with Crippen LogP contribution in [0.4, 0.5) is 0 Å². The van der Waals surface area contributed by atoms with Crippen molar-refractivity contribution in [1.29, 1.82) is 0 Å². The number of carboxylic acids is 1. The highest BCUT2D eigenvalue weighted by molar-refractivity contribution is 7.99. The molecular formula is C8H14N4O3S. The van der Waals surface area contributed by atoms with Crippen molar-refractivity contribution >= 4 is 17.7 Å². The van der Waals surface area contributed by atoms with Crippen molar-refractivity contribution in [3.05, 3.63) is 0 Å². The van der Waals surface area contributed by atoms with E-state index in [9.17, 15) is 4.79 Å². The molecule has 1 heterocycles. The second kappa shape index (κ2) is 6.44. The Labute approximate surface area is 97.2 Å². The Balaban J connectivity index is 2.58. The van der Waals surface area contributed by atoms with Crippen molar-refractivity contribution in [2.24, 2.45) is 0 Å². The molecule has 1 N–H and O–H groups in total. The van der Waals surface area contributed by atoms with E-state index in [1.54, 1.807) is 4.68 Å². The van der Waals surface area contributed by atoms with Gasteiger partial charge in [-0.25, -0.2) is 4.68 Å². The van der Waals surface area contributed by atoms with Crippen LogP contribution in [0, 0.1) is 0 Å². The first-order valence-electron chi connectivity index (χ1n) is 4.85. The molecule has 1 aromatic rings. The lowest BCUT2D eigenvalue weighted by atomic mass is 10.4. The molecular weight excluding hydrogens is 232 g/mol. The largest absolute Gasteiger partial charge is 0.481 e. The van der Waals surface area contributed by atoms with Crippen molar-refractivity contribution in [3.63, 3.8) is 0 Å². The predicted octanol–water partition coefficient (Wildman–Crippen LogP) is 0.447. The number of thioether (sulfide) groups is 1. The topological polar surface area (TPSA) is 90.1 Å². The summed E-state index contributed by atoms with van der Waals surface area (Å²) in [5.74, 6) is -0.945. The normalized spacial score (nSPS) is 12.6. The number of carbonyl (C=O) groups is 1. The van der Waals surface area contributed by atoms with Gasteiger partial charge in [0, 0.05) is 6.61 Å². The Bertz CT molecular complexity index is 344. The van der Waals surface area contributed by atoms with Gasteiger partial charge in [0.1, 0.15) is 0 Å². The maximum Gasteiger partial charge on any atom is 0.313 e. The molecule has 0 fully saturated rings. The van der Waals surface area contributed by atoms with Gasteiger partial charge in [0.15, 0.2) is 0 Å². The zero-order valence-corrected chi connectivity index (χ0v) is 9.98. The first-order chi connectivity index (χ1) is 7.65. The summed E-state index contributed by atoms with van der Waals surface area (Å²) in [7, 11) is 0. The van der Waals surface area contributed by atoms with Gasteiger partial charge in [-0.2, -0.15) is 0 Å². The summed E-state index contributed by atoms with van der Waals surface area (Å²) in [6.07, 6.45) is 0. The molecule has 90 valence electrons. The van der Waals surface area contributed by atoms with Crippen LogP contribution in [0.1, 0.15) is 19.9 Å². The van der Waals surface area contributed by atoms with Crippen molar-refractivity contribution in [3.8, 4) is 0 Å². The van der Waals surface area contributed by atoms with Crippen LogP contribution >= 0.6 is 11.8 Å². The lowest BCUT2D eigenvalue weighted by molar-refractivity contribution is -0.133. The third-order valence-electron chi connectivity index (χ3n) is 1.77. The molecule has 7 nitrogen and oxygen atoms in total. The van der Waals surface area contributed by atoms with Gasteiger partial charge in [-0.3, -0.25) is 4.79 Å². The number of carboxylic acid groups (broad SMARTS) is 1. The van der Waals surface area contributed by atoms with E-state index in [4.69, 9.17) is 9.84 Å². The van der Waals surface area contributed by atoms with Gasteiger partial charge in [0.05, 0.1) is 18.4 Å². The van der Waals surface area contributed by atoms with Crippen LogP contribution in [0.25, 0.3) is 0 Å². The molecule has 0 aliphatic carbocycles. The number of tetrazole rings is 1. The molecule has 1 unspecified atom stereocenters. The minimum absolute atomic E-state index is 0.00811. The van der Waals surface area contributed by atoms with Crippen LogP contribution in [0.5, 0.6) is 0 Å². The number of nitrogens with zero attached hydrogens (tertiary/aromatic N) is 4. The molecule has 16 heavy (non-hydrogen) atoms. The Hall–Kier alpha value is -1.15. The first kappa shape index (κ1) is 12.9. The number of ether oxygens (including phenoxy) is 1. The summed E-state index contributed by atoms with van der Waals surface area (Å²) in [5.41, 5.74) is 0. The summed E-state index contributed by atoms with van der Waals surface area (Å²) in [6.45, 7) is 4.95. The van der Waals surface area contributed by atoms with E-state index in [0.717, 1.165) is 11.8 Å². The molecule has 0 aliphatic rings. The Morgan fingerprint density at radius 2 is 2.44 bits per heavy atom. The van der Waals surface area contributed by atoms with Crippen LogP contribution in [-0.4, -0.2) is 50.2 Å². The van der Waals surface area contributed by atoms with E-state index >= 15 is 0 Å². The molecule has 0 saturated carbocycles. The maximum atomic E-state index is 10.4. The molecule has 8 heteroatoms. The van der Waals surface area contributed by atoms with Gasteiger partial charge in [-0.15, -0.1) is 5.10 Å². The fourth-order valence-electron chi connectivity index (χ4n) is 1.04. The number of hydrogen-bond donors (Lipinski definition) is 1. The van der Waals surface area contributed by atoms with Gasteiger partial charge in [0.25, 0.3) is 0 Å². The quantitative estimate of drug-likeness (QED) is 0.698. The Kier molecular flexibility index (Phi) is 5.20. The minimum Gasteiger partial charge on any atom is -0.481 e. The first-order valence-corrected chi connectivity index (χ1v) is 5.84. The number of aliphatic carboxylic acids is 1. The van der Waals surface area contributed by atoms with E-state index in [-0.39, 0.29) is 11.8 Å². The van der Waals surface area contributed by atoms with Crippen LogP contribution in [-0.2, 0) is 9.53 Å². The summed E-state index contributed by atoms with van der Waals surface area (Å²) in [5, 5.41) is 20.1. The SMILES string of the molecule is CCOCC(C)n1nnnc1SCC(=O)O. The smallest absolute Gasteiger partial charge is 0.313 e. The van der Waals surface area contributed by atoms with E-state index < -0.39 is 5.97 Å². The fourth-order valence-corrected chi connectivity index (χ4v) is 1.74. The highest BCUT2D eigenvalue weighted by Crippen LogP contribution is 2.17. The molecule has 0 aliphatic heterocycles. The lowest BCUT2D eigenvalue weighted by Gasteiger charge is -2.12. The fraction of sp³-hybridized carbons (Fsp3) is 0.750. The van der Waals surface area contributed by atoms with E-state index in [1.165, 1.54) is 0 Å². The molecule has 0 spiro atoms. The van der Waals surface area contributed by atoms with Crippen molar-refractivity contribution in [2.45, 2.75) is 25.0 Å². The van der Waals surface area contributed by atoms with Crippen molar-refractivity contribution in [1.82, 2.24) is 20.2 Å². The molecule has 0 saturated heterocycles. The monoisotopic (exact) mass is 246 g/mol. The second-order valence-corrected chi connectivity index (χ2v) is 4.04. The highest BCUT2D eigenvalue weighted by Gasteiger charge is 2.14. The summed E-state index contributed by atoms with van der Waals surface area (Å²) in [4.78, 5) is 10.4.